The summed E-state index contributed by atoms with van der Waals surface area (Å²) in [6.07, 6.45) is -3.07. The predicted octanol–water partition coefficient (Wildman–Crippen LogP) is 3.90. The van der Waals surface area contributed by atoms with Crippen LogP contribution in [0.1, 0.15) is 10.4 Å². The van der Waals surface area contributed by atoms with Gasteiger partial charge in [-0.25, -0.2) is 8.78 Å². The van der Waals surface area contributed by atoms with Crippen molar-refractivity contribution in [3.8, 4) is 0 Å². The fourth-order valence-electron chi connectivity index (χ4n) is 1.56. The summed E-state index contributed by atoms with van der Waals surface area (Å²) in [6, 6.07) is 4.12. The Hall–Kier alpha value is -1.56. The molecule has 0 saturated carbocycles. The van der Waals surface area contributed by atoms with Gasteiger partial charge in [-0.3, -0.25) is 4.79 Å². The lowest BCUT2D eigenvalue weighted by Gasteiger charge is -2.12. The van der Waals surface area contributed by atoms with Crippen LogP contribution in [0.5, 0.6) is 0 Å². The van der Waals surface area contributed by atoms with E-state index in [1.54, 1.807) is 0 Å². The molecule has 1 heterocycles. The molecule has 7 heteroatoms. The third kappa shape index (κ3) is 1.96. The number of fused-ring (bicyclic) bond motifs is 1. The van der Waals surface area contributed by atoms with Crippen molar-refractivity contribution in [2.24, 2.45) is 0 Å². The number of benzene rings is 1. The fraction of sp³-hybridized carbons (Fsp3) is 0.182. The molecule has 2 aromatic rings. The van der Waals surface area contributed by atoms with Gasteiger partial charge in [0.15, 0.2) is 0 Å². The minimum atomic E-state index is -4.70. The molecular weight excluding hydrogens is 274 g/mol. The van der Waals surface area contributed by atoms with Gasteiger partial charge in [-0.1, -0.05) is 17.7 Å². The van der Waals surface area contributed by atoms with Gasteiger partial charge in [0.2, 0.25) is 5.78 Å². The summed E-state index contributed by atoms with van der Waals surface area (Å²) >= 11 is 5.67. The van der Waals surface area contributed by atoms with E-state index in [1.807, 2.05) is 0 Å². The summed E-state index contributed by atoms with van der Waals surface area (Å²) in [5.41, 5.74) is -0.150. The molecule has 0 saturated heterocycles. The third-order valence-corrected chi connectivity index (χ3v) is 2.70. The number of halogens is 5. The van der Waals surface area contributed by atoms with Crippen LogP contribution in [0.3, 0.4) is 0 Å². The predicted molar refractivity (Wildman–Crippen MR) is 58.6 cm³/mol. The monoisotopic (exact) mass is 279 g/mol. The molecule has 0 fully saturated rings. The number of hydrogen-bond donors (Lipinski definition) is 1. The average molecular weight is 280 g/mol. The Labute approximate surface area is 104 Å². The summed E-state index contributed by atoms with van der Waals surface area (Å²) in [6.45, 7) is 0. The van der Waals surface area contributed by atoms with Crippen LogP contribution in [0, 0.1) is 0 Å². The van der Waals surface area contributed by atoms with Gasteiger partial charge in [-0.2, -0.15) is 8.78 Å². The van der Waals surface area contributed by atoms with E-state index in [2.05, 4.69) is 4.98 Å². The molecule has 0 aliphatic carbocycles. The average Bonchev–Trinajstić information content (AvgIpc) is 2.70. The van der Waals surface area contributed by atoms with E-state index in [-0.39, 0.29) is 5.39 Å². The minimum absolute atomic E-state index is 0.129. The number of nitrogens with one attached hydrogen (secondary N) is 1. The first-order valence-electron chi connectivity index (χ1n) is 4.81. The van der Waals surface area contributed by atoms with Gasteiger partial charge in [-0.15, -0.1) is 0 Å². The molecular formula is C11H6ClF4NO. The summed E-state index contributed by atoms with van der Waals surface area (Å²) in [5.74, 6) is -6.61. The molecule has 1 N–H and O–H groups in total. The van der Waals surface area contributed by atoms with Crippen LogP contribution < -0.4 is 0 Å². The molecule has 0 atom stereocenters. The van der Waals surface area contributed by atoms with E-state index in [4.69, 9.17) is 11.6 Å². The number of carbonyl (C=O) groups excluding carboxylic acids is 1. The first kappa shape index (κ1) is 12.9. The van der Waals surface area contributed by atoms with Gasteiger partial charge in [0.1, 0.15) is 0 Å². The Morgan fingerprint density at radius 2 is 2.00 bits per heavy atom. The first-order valence-corrected chi connectivity index (χ1v) is 5.19. The topological polar surface area (TPSA) is 32.9 Å². The van der Waals surface area contributed by atoms with Crippen LogP contribution in [0.2, 0.25) is 5.02 Å². The minimum Gasteiger partial charge on any atom is -0.360 e. The zero-order valence-electron chi connectivity index (χ0n) is 8.68. The number of hydrogen-bond acceptors (Lipinski definition) is 1. The van der Waals surface area contributed by atoms with E-state index in [1.165, 1.54) is 18.2 Å². The van der Waals surface area contributed by atoms with Gasteiger partial charge >= 0.3 is 12.3 Å². The summed E-state index contributed by atoms with van der Waals surface area (Å²) < 4.78 is 50.2. The third-order valence-electron chi connectivity index (χ3n) is 2.47. The van der Waals surface area contributed by atoms with E-state index in [9.17, 15) is 22.4 Å². The van der Waals surface area contributed by atoms with Crippen LogP contribution in [0.15, 0.2) is 24.4 Å². The Morgan fingerprint density at radius 1 is 1.33 bits per heavy atom. The number of aromatic amines is 1. The summed E-state index contributed by atoms with van der Waals surface area (Å²) in [5, 5.41) is 0.466. The highest BCUT2D eigenvalue weighted by Crippen LogP contribution is 2.31. The highest BCUT2D eigenvalue weighted by Gasteiger charge is 2.49. The second kappa shape index (κ2) is 4.28. The van der Waals surface area contributed by atoms with Crippen LogP contribution in [-0.2, 0) is 0 Å². The van der Waals surface area contributed by atoms with Gasteiger partial charge in [0, 0.05) is 27.7 Å². The highest BCUT2D eigenvalue weighted by molar-refractivity contribution is 6.31. The lowest BCUT2D eigenvalue weighted by molar-refractivity contribution is -0.0957. The SMILES string of the molecule is O=C(c1c[nH]c2cc(Cl)ccc12)C(F)(F)C(F)F. The number of ketones is 1. The van der Waals surface area contributed by atoms with Crippen molar-refractivity contribution in [3.05, 3.63) is 35.0 Å². The zero-order valence-corrected chi connectivity index (χ0v) is 9.44. The standard InChI is InChI=1S/C11H6ClF4NO/c12-5-1-2-6-7(4-17-8(6)3-5)9(18)11(15,16)10(13)14/h1-4,10,17H. The number of H-pyrrole nitrogens is 1. The smallest absolute Gasteiger partial charge is 0.360 e. The lowest BCUT2D eigenvalue weighted by Crippen LogP contribution is -2.36. The van der Waals surface area contributed by atoms with Gasteiger partial charge in [0.05, 0.1) is 0 Å². The zero-order chi connectivity index (χ0) is 13.5. The maximum Gasteiger partial charge on any atom is 0.368 e. The molecule has 0 spiro atoms. The normalized spacial score (nSPS) is 12.3. The molecule has 0 aliphatic rings. The van der Waals surface area contributed by atoms with Crippen molar-refractivity contribution >= 4 is 28.3 Å². The Morgan fingerprint density at radius 3 is 2.61 bits per heavy atom. The van der Waals surface area contributed by atoms with Crippen molar-refractivity contribution in [2.45, 2.75) is 12.3 Å². The number of aromatic nitrogens is 1. The van der Waals surface area contributed by atoms with Crippen LogP contribution in [0.4, 0.5) is 17.6 Å². The summed E-state index contributed by atoms with van der Waals surface area (Å²) in [4.78, 5) is 13.9. The van der Waals surface area contributed by atoms with Crippen LogP contribution >= 0.6 is 11.6 Å². The van der Waals surface area contributed by atoms with Gasteiger partial charge < -0.3 is 4.98 Å². The van der Waals surface area contributed by atoms with Crippen molar-refractivity contribution in [1.29, 1.82) is 0 Å². The van der Waals surface area contributed by atoms with Gasteiger partial charge in [0.25, 0.3) is 0 Å². The first-order chi connectivity index (χ1) is 8.34. The van der Waals surface area contributed by atoms with Gasteiger partial charge in [-0.05, 0) is 12.1 Å². The molecule has 0 unspecified atom stereocenters. The molecule has 0 radical (unpaired) electrons. The second-order valence-electron chi connectivity index (χ2n) is 3.65. The molecule has 18 heavy (non-hydrogen) atoms. The largest absolute Gasteiger partial charge is 0.368 e. The molecule has 96 valence electrons. The van der Waals surface area contributed by atoms with Crippen LogP contribution in [0.25, 0.3) is 10.9 Å². The molecule has 1 aromatic carbocycles. The molecule has 0 amide bonds. The van der Waals surface area contributed by atoms with Crippen molar-refractivity contribution in [1.82, 2.24) is 4.98 Å². The number of alkyl halides is 4. The molecule has 0 bridgehead atoms. The molecule has 2 nitrogen and oxygen atoms in total. The summed E-state index contributed by atoms with van der Waals surface area (Å²) in [7, 11) is 0. The molecule has 0 aliphatic heterocycles. The number of Topliss-reactive ketones (excluding diaryl/α,β-unsaturated/α-hetero) is 1. The van der Waals surface area contributed by atoms with Crippen molar-refractivity contribution in [3.63, 3.8) is 0 Å². The van der Waals surface area contributed by atoms with Crippen molar-refractivity contribution < 1.29 is 22.4 Å². The Balaban J connectivity index is 2.52. The number of rotatable bonds is 3. The maximum absolute atomic E-state index is 13.0. The van der Waals surface area contributed by atoms with E-state index < -0.39 is 23.7 Å². The Kier molecular flexibility index (Phi) is 3.06. The quantitative estimate of drug-likeness (QED) is 0.671. The van der Waals surface area contributed by atoms with Crippen molar-refractivity contribution in [2.75, 3.05) is 0 Å². The molecule has 1 aromatic heterocycles. The van der Waals surface area contributed by atoms with E-state index >= 15 is 0 Å². The second-order valence-corrected chi connectivity index (χ2v) is 4.08. The Bertz CT molecular complexity index is 608. The fourth-order valence-corrected chi connectivity index (χ4v) is 1.74. The number of carbonyl (C=O) groups is 1. The van der Waals surface area contributed by atoms with Crippen LogP contribution in [-0.4, -0.2) is 23.1 Å². The van der Waals surface area contributed by atoms with E-state index in [0.29, 0.717) is 10.5 Å². The lowest BCUT2D eigenvalue weighted by atomic mass is 10.0. The highest BCUT2D eigenvalue weighted by atomic mass is 35.5. The molecule has 2 rings (SSSR count). The van der Waals surface area contributed by atoms with E-state index in [0.717, 1.165) is 6.20 Å². The maximum atomic E-state index is 13.0.